The van der Waals surface area contributed by atoms with Crippen LogP contribution in [0.15, 0.2) is 22.7 Å². The fourth-order valence-electron chi connectivity index (χ4n) is 2.55. The summed E-state index contributed by atoms with van der Waals surface area (Å²) in [5, 5.41) is 9.34. The number of nitrogens with zero attached hydrogens (tertiary/aromatic N) is 4. The first-order valence-electron chi connectivity index (χ1n) is 6.91. The molecule has 0 saturated carbocycles. The first-order valence-corrected chi connectivity index (χ1v) is 9.66. The molecule has 2 N–H and O–H groups in total. The summed E-state index contributed by atoms with van der Waals surface area (Å²) in [6, 6.07) is 1.90. The molecule has 23 heavy (non-hydrogen) atoms. The van der Waals surface area contributed by atoms with Crippen molar-refractivity contribution in [2.24, 2.45) is 0 Å². The third-order valence-electron chi connectivity index (χ3n) is 3.60. The molecule has 3 aromatic heterocycles. The molecule has 0 fully saturated rings. The van der Waals surface area contributed by atoms with Crippen molar-refractivity contribution in [1.82, 2.24) is 29.2 Å². The predicted molar refractivity (Wildman–Crippen MR) is 86.0 cm³/mol. The highest BCUT2D eigenvalue weighted by atomic mass is 35.5. The Balaban J connectivity index is 1.59. The third-order valence-corrected chi connectivity index (χ3v) is 6.15. The summed E-state index contributed by atoms with van der Waals surface area (Å²) in [6.45, 7) is 2.49. The van der Waals surface area contributed by atoms with Gasteiger partial charge in [-0.3, -0.25) is 9.08 Å². The maximum Gasteiger partial charge on any atom is 0.260 e. The van der Waals surface area contributed by atoms with Crippen LogP contribution in [0, 0.1) is 0 Å². The summed E-state index contributed by atoms with van der Waals surface area (Å²) in [6.07, 6.45) is 1.63. The number of thiazole rings is 1. The van der Waals surface area contributed by atoms with Crippen molar-refractivity contribution >= 4 is 37.9 Å². The van der Waals surface area contributed by atoms with E-state index in [1.807, 2.05) is 10.7 Å². The molecule has 4 heterocycles. The molecule has 122 valence electrons. The van der Waals surface area contributed by atoms with E-state index >= 15 is 0 Å². The second kappa shape index (κ2) is 5.56. The summed E-state index contributed by atoms with van der Waals surface area (Å²) >= 11 is 7.31. The van der Waals surface area contributed by atoms with Gasteiger partial charge in [-0.1, -0.05) is 11.6 Å². The molecule has 0 radical (unpaired) electrons. The van der Waals surface area contributed by atoms with Gasteiger partial charge < -0.3 is 5.32 Å². The molecule has 0 atom stereocenters. The Morgan fingerprint density at radius 1 is 1.48 bits per heavy atom. The highest BCUT2D eigenvalue weighted by Crippen LogP contribution is 2.25. The minimum absolute atomic E-state index is 0.0299. The summed E-state index contributed by atoms with van der Waals surface area (Å²) in [5.74, 6) is 0. The highest BCUT2D eigenvalue weighted by Gasteiger charge is 2.25. The maximum atomic E-state index is 12.5. The first kappa shape index (κ1) is 15.1. The SMILES string of the molecule is O=S(=O)(NCc1cc2n(n1)CCNC2)c1c(Cl)nc2sccn12. The molecular formula is C12H13ClN6O2S2. The molecule has 1 aliphatic rings. The van der Waals surface area contributed by atoms with Crippen LogP contribution in [0.5, 0.6) is 0 Å². The van der Waals surface area contributed by atoms with Crippen LogP contribution in [0.1, 0.15) is 11.4 Å². The van der Waals surface area contributed by atoms with Crippen LogP contribution in [-0.4, -0.2) is 34.1 Å². The Labute approximate surface area is 141 Å². The molecule has 0 aliphatic carbocycles. The van der Waals surface area contributed by atoms with Gasteiger partial charge >= 0.3 is 0 Å². The zero-order valence-corrected chi connectivity index (χ0v) is 14.2. The van der Waals surface area contributed by atoms with Gasteiger partial charge in [0, 0.05) is 24.7 Å². The van der Waals surface area contributed by atoms with Gasteiger partial charge in [-0.05, 0) is 6.07 Å². The van der Waals surface area contributed by atoms with Gasteiger partial charge in [-0.25, -0.2) is 18.1 Å². The Kier molecular flexibility index (Phi) is 3.65. The average Bonchev–Trinajstić information content (AvgIpc) is 3.17. The third kappa shape index (κ3) is 2.66. The van der Waals surface area contributed by atoms with Crippen LogP contribution in [0.2, 0.25) is 5.15 Å². The van der Waals surface area contributed by atoms with E-state index in [-0.39, 0.29) is 16.7 Å². The van der Waals surface area contributed by atoms with E-state index in [9.17, 15) is 8.42 Å². The number of fused-ring (bicyclic) bond motifs is 2. The molecule has 1 aliphatic heterocycles. The van der Waals surface area contributed by atoms with Crippen molar-refractivity contribution in [2.45, 2.75) is 24.7 Å². The van der Waals surface area contributed by atoms with E-state index in [2.05, 4.69) is 20.1 Å². The number of hydrogen-bond acceptors (Lipinski definition) is 6. The van der Waals surface area contributed by atoms with Gasteiger partial charge in [0.2, 0.25) is 0 Å². The molecule has 0 aromatic carbocycles. The van der Waals surface area contributed by atoms with Gasteiger partial charge in [0.1, 0.15) is 0 Å². The van der Waals surface area contributed by atoms with E-state index in [4.69, 9.17) is 11.6 Å². The Morgan fingerprint density at radius 2 is 2.35 bits per heavy atom. The summed E-state index contributed by atoms with van der Waals surface area (Å²) in [4.78, 5) is 4.59. The molecule has 8 nitrogen and oxygen atoms in total. The lowest BCUT2D eigenvalue weighted by Crippen LogP contribution is -2.28. The molecule has 0 spiro atoms. The van der Waals surface area contributed by atoms with Crippen molar-refractivity contribution in [3.63, 3.8) is 0 Å². The average molecular weight is 373 g/mol. The fraction of sp³-hybridized carbons (Fsp3) is 0.333. The molecule has 4 rings (SSSR count). The maximum absolute atomic E-state index is 12.5. The van der Waals surface area contributed by atoms with Crippen LogP contribution in [0.4, 0.5) is 0 Å². The lowest BCUT2D eigenvalue weighted by molar-refractivity contribution is 0.473. The highest BCUT2D eigenvalue weighted by molar-refractivity contribution is 7.89. The van der Waals surface area contributed by atoms with Crippen molar-refractivity contribution in [1.29, 1.82) is 0 Å². The van der Waals surface area contributed by atoms with E-state index in [1.165, 1.54) is 15.7 Å². The minimum Gasteiger partial charge on any atom is -0.309 e. The van der Waals surface area contributed by atoms with Gasteiger partial charge in [0.05, 0.1) is 24.5 Å². The van der Waals surface area contributed by atoms with Crippen LogP contribution >= 0.6 is 22.9 Å². The van der Waals surface area contributed by atoms with Gasteiger partial charge in [0.25, 0.3) is 10.0 Å². The fourth-order valence-corrected chi connectivity index (χ4v) is 5.00. The van der Waals surface area contributed by atoms with Crippen molar-refractivity contribution < 1.29 is 8.42 Å². The zero-order chi connectivity index (χ0) is 16.0. The lowest BCUT2D eigenvalue weighted by Gasteiger charge is -2.13. The van der Waals surface area contributed by atoms with Crippen LogP contribution in [0.3, 0.4) is 0 Å². The topological polar surface area (TPSA) is 93.3 Å². The molecular weight excluding hydrogens is 360 g/mol. The van der Waals surface area contributed by atoms with Crippen molar-refractivity contribution in [3.8, 4) is 0 Å². The number of imidazole rings is 1. The number of halogens is 1. The Hall–Kier alpha value is -1.46. The Bertz CT molecular complexity index is 950. The van der Waals surface area contributed by atoms with E-state index < -0.39 is 10.0 Å². The van der Waals surface area contributed by atoms with Gasteiger partial charge in [0.15, 0.2) is 15.1 Å². The summed E-state index contributed by atoms with van der Waals surface area (Å²) in [7, 11) is -3.78. The van der Waals surface area contributed by atoms with Crippen LogP contribution < -0.4 is 10.0 Å². The first-order chi connectivity index (χ1) is 11.0. The second-order valence-corrected chi connectivity index (χ2v) is 8.03. The Morgan fingerprint density at radius 3 is 3.17 bits per heavy atom. The van der Waals surface area contributed by atoms with Gasteiger partial charge in [-0.2, -0.15) is 5.10 Å². The van der Waals surface area contributed by atoms with E-state index in [0.717, 1.165) is 25.3 Å². The van der Waals surface area contributed by atoms with E-state index in [0.29, 0.717) is 10.7 Å². The zero-order valence-electron chi connectivity index (χ0n) is 11.9. The van der Waals surface area contributed by atoms with Crippen molar-refractivity contribution in [3.05, 3.63) is 34.2 Å². The van der Waals surface area contributed by atoms with Gasteiger partial charge in [-0.15, -0.1) is 11.3 Å². The molecule has 3 aromatic rings. The van der Waals surface area contributed by atoms with Crippen LogP contribution in [-0.2, 0) is 29.7 Å². The molecule has 0 saturated heterocycles. The van der Waals surface area contributed by atoms with Crippen LogP contribution in [0.25, 0.3) is 4.96 Å². The number of hydrogen-bond donors (Lipinski definition) is 2. The molecule has 0 amide bonds. The minimum atomic E-state index is -3.78. The summed E-state index contributed by atoms with van der Waals surface area (Å²) in [5.41, 5.74) is 1.72. The number of rotatable bonds is 4. The lowest BCUT2D eigenvalue weighted by atomic mass is 10.3. The number of nitrogens with one attached hydrogen (secondary N) is 2. The van der Waals surface area contributed by atoms with E-state index in [1.54, 1.807) is 11.6 Å². The smallest absolute Gasteiger partial charge is 0.260 e. The summed E-state index contributed by atoms with van der Waals surface area (Å²) < 4.78 is 31.0. The quantitative estimate of drug-likeness (QED) is 0.707. The largest absolute Gasteiger partial charge is 0.309 e. The molecule has 11 heteroatoms. The standard InChI is InChI=1S/C12H13ClN6O2S2/c13-10-11(18-3-4-22-12(18)16-10)23(20,21)15-6-8-5-9-7-14-1-2-19(9)17-8/h3-5,14-15H,1-2,6-7H2. The number of aromatic nitrogens is 4. The molecule has 0 unspecified atom stereocenters. The second-order valence-electron chi connectivity index (χ2n) is 5.11. The van der Waals surface area contributed by atoms with Crippen molar-refractivity contribution in [2.75, 3.05) is 6.54 Å². The normalized spacial score (nSPS) is 15.2. The molecule has 0 bridgehead atoms. The predicted octanol–water partition coefficient (Wildman–Crippen LogP) is 0.827. The monoisotopic (exact) mass is 372 g/mol. The number of sulfonamides is 1.